The van der Waals surface area contributed by atoms with E-state index in [9.17, 15) is 0 Å². The molecule has 3 nitrogen and oxygen atoms in total. The number of ether oxygens (including phenoxy) is 2. The van der Waals surface area contributed by atoms with Crippen molar-refractivity contribution in [1.82, 2.24) is 0 Å². The van der Waals surface area contributed by atoms with Crippen LogP contribution in [0.3, 0.4) is 0 Å². The fraction of sp³-hybridized carbons (Fsp3) is 0.571. The lowest BCUT2D eigenvalue weighted by Crippen LogP contribution is -2.24. The van der Waals surface area contributed by atoms with E-state index >= 15 is 0 Å². The summed E-state index contributed by atoms with van der Waals surface area (Å²) < 4.78 is 10.3. The van der Waals surface area contributed by atoms with Crippen LogP contribution in [0.1, 0.15) is 18.9 Å². The molecule has 3 heteroatoms. The molecule has 0 fully saturated rings. The quantitative estimate of drug-likeness (QED) is 0.754. The Morgan fingerprint density at radius 2 is 1.94 bits per heavy atom. The second-order valence-corrected chi connectivity index (χ2v) is 4.10. The maximum atomic E-state index is 5.20. The van der Waals surface area contributed by atoms with Crippen LogP contribution in [0.2, 0.25) is 0 Å². The van der Waals surface area contributed by atoms with Crippen molar-refractivity contribution in [2.75, 3.05) is 32.8 Å². The molecule has 0 aliphatic rings. The molecule has 1 unspecified atom stereocenters. The fourth-order valence-electron chi connectivity index (χ4n) is 1.77. The molecule has 96 valence electrons. The molecule has 0 aliphatic heterocycles. The van der Waals surface area contributed by atoms with E-state index in [1.54, 1.807) is 14.2 Å². The summed E-state index contributed by atoms with van der Waals surface area (Å²) in [5, 5.41) is 3.53. The molecular formula is C14H23NO2. The first-order chi connectivity index (χ1) is 8.31. The van der Waals surface area contributed by atoms with Crippen LogP contribution in [-0.2, 0) is 15.9 Å². The smallest absolute Gasteiger partial charge is 0.0663 e. The van der Waals surface area contributed by atoms with Gasteiger partial charge in [0.15, 0.2) is 0 Å². The van der Waals surface area contributed by atoms with Crippen molar-refractivity contribution in [3.63, 3.8) is 0 Å². The molecule has 1 rings (SSSR count). The van der Waals surface area contributed by atoms with Gasteiger partial charge in [-0.15, -0.1) is 0 Å². The van der Waals surface area contributed by atoms with Gasteiger partial charge in [-0.2, -0.15) is 0 Å². The number of hydrogen-bond acceptors (Lipinski definition) is 3. The van der Waals surface area contributed by atoms with Gasteiger partial charge in [-0.25, -0.2) is 0 Å². The number of rotatable bonds is 8. The number of methoxy groups -OCH3 is 2. The molecule has 0 heterocycles. The molecule has 0 saturated heterocycles. The second-order valence-electron chi connectivity index (χ2n) is 4.10. The van der Waals surface area contributed by atoms with Crippen molar-refractivity contribution in [2.45, 2.75) is 25.8 Å². The average Bonchev–Trinajstić information content (AvgIpc) is 2.37. The highest BCUT2D eigenvalue weighted by Gasteiger charge is 2.08. The third kappa shape index (κ3) is 4.75. The first-order valence-corrected chi connectivity index (χ1v) is 6.14. The maximum absolute atomic E-state index is 5.20. The van der Waals surface area contributed by atoms with Crippen molar-refractivity contribution in [3.8, 4) is 0 Å². The Bertz CT molecular complexity index is 315. The van der Waals surface area contributed by atoms with Gasteiger partial charge in [0.25, 0.3) is 0 Å². The van der Waals surface area contributed by atoms with Crippen LogP contribution >= 0.6 is 0 Å². The van der Waals surface area contributed by atoms with Crippen LogP contribution in [0.15, 0.2) is 24.3 Å². The second kappa shape index (κ2) is 8.09. The minimum absolute atomic E-state index is 0.365. The van der Waals surface area contributed by atoms with Crippen molar-refractivity contribution in [2.24, 2.45) is 0 Å². The van der Waals surface area contributed by atoms with Gasteiger partial charge < -0.3 is 14.8 Å². The zero-order chi connectivity index (χ0) is 12.5. The standard InChI is InChI=1S/C14H23NO2/c1-4-13(11-17-3)15-14-8-6-5-7-12(14)9-10-16-2/h5-8,13,15H,4,9-11H2,1-3H3. The van der Waals surface area contributed by atoms with Gasteiger partial charge >= 0.3 is 0 Å². The molecule has 1 atom stereocenters. The topological polar surface area (TPSA) is 30.5 Å². The Morgan fingerprint density at radius 3 is 2.59 bits per heavy atom. The van der Waals surface area contributed by atoms with Crippen molar-refractivity contribution >= 4 is 5.69 Å². The Kier molecular flexibility index (Phi) is 6.67. The largest absolute Gasteiger partial charge is 0.384 e. The summed E-state index contributed by atoms with van der Waals surface area (Å²) in [6.07, 6.45) is 1.98. The molecule has 0 amide bonds. The first kappa shape index (κ1) is 14.0. The number of anilines is 1. The predicted molar refractivity (Wildman–Crippen MR) is 71.6 cm³/mol. The van der Waals surface area contributed by atoms with E-state index in [-0.39, 0.29) is 0 Å². The summed E-state index contributed by atoms with van der Waals surface area (Å²) in [7, 11) is 3.47. The van der Waals surface area contributed by atoms with Crippen LogP contribution < -0.4 is 5.32 Å². The molecule has 0 bridgehead atoms. The van der Waals surface area contributed by atoms with Crippen LogP contribution in [-0.4, -0.2) is 33.5 Å². The van der Waals surface area contributed by atoms with E-state index in [1.165, 1.54) is 11.3 Å². The van der Waals surface area contributed by atoms with Gasteiger partial charge in [0.1, 0.15) is 0 Å². The summed E-state index contributed by atoms with van der Waals surface area (Å²) >= 11 is 0. The lowest BCUT2D eigenvalue weighted by atomic mass is 10.1. The van der Waals surface area contributed by atoms with Crippen LogP contribution in [0.4, 0.5) is 5.69 Å². The average molecular weight is 237 g/mol. The van der Waals surface area contributed by atoms with Gasteiger partial charge in [-0.05, 0) is 24.5 Å². The van der Waals surface area contributed by atoms with Gasteiger partial charge in [0.05, 0.1) is 13.2 Å². The summed E-state index contributed by atoms with van der Waals surface area (Å²) in [6.45, 7) is 3.64. The Balaban J connectivity index is 2.67. The number of nitrogens with one attached hydrogen (secondary N) is 1. The minimum atomic E-state index is 0.365. The van der Waals surface area contributed by atoms with Crippen LogP contribution in [0, 0.1) is 0 Å². The van der Waals surface area contributed by atoms with Crippen molar-refractivity contribution < 1.29 is 9.47 Å². The number of para-hydroxylation sites is 1. The SMILES string of the molecule is CCC(COC)Nc1ccccc1CCOC. The van der Waals surface area contributed by atoms with E-state index in [0.717, 1.165) is 26.1 Å². The molecule has 0 saturated carbocycles. The van der Waals surface area contributed by atoms with Gasteiger partial charge in [0, 0.05) is 25.9 Å². The maximum Gasteiger partial charge on any atom is 0.0663 e. The molecule has 0 radical (unpaired) electrons. The fourth-order valence-corrected chi connectivity index (χ4v) is 1.77. The monoisotopic (exact) mass is 237 g/mol. The predicted octanol–water partition coefficient (Wildman–Crippen LogP) is 2.71. The van der Waals surface area contributed by atoms with Gasteiger partial charge in [0.2, 0.25) is 0 Å². The van der Waals surface area contributed by atoms with E-state index in [4.69, 9.17) is 9.47 Å². The minimum Gasteiger partial charge on any atom is -0.384 e. The first-order valence-electron chi connectivity index (χ1n) is 6.14. The highest BCUT2D eigenvalue weighted by Crippen LogP contribution is 2.17. The summed E-state index contributed by atoms with van der Waals surface area (Å²) in [4.78, 5) is 0. The number of benzene rings is 1. The summed E-state index contributed by atoms with van der Waals surface area (Å²) in [5.41, 5.74) is 2.48. The molecule has 0 aliphatic carbocycles. The molecule has 1 N–H and O–H groups in total. The normalized spacial score (nSPS) is 12.4. The molecule has 0 aromatic heterocycles. The number of hydrogen-bond donors (Lipinski definition) is 1. The van der Waals surface area contributed by atoms with Gasteiger partial charge in [-0.1, -0.05) is 25.1 Å². The highest BCUT2D eigenvalue weighted by atomic mass is 16.5. The third-order valence-electron chi connectivity index (χ3n) is 2.81. The van der Waals surface area contributed by atoms with Crippen molar-refractivity contribution in [3.05, 3.63) is 29.8 Å². The van der Waals surface area contributed by atoms with Crippen LogP contribution in [0.5, 0.6) is 0 Å². The lowest BCUT2D eigenvalue weighted by Gasteiger charge is -2.19. The molecule has 1 aromatic carbocycles. The lowest BCUT2D eigenvalue weighted by molar-refractivity contribution is 0.184. The Morgan fingerprint density at radius 1 is 1.18 bits per heavy atom. The van der Waals surface area contributed by atoms with Gasteiger partial charge in [-0.3, -0.25) is 0 Å². The Labute approximate surface area is 104 Å². The van der Waals surface area contributed by atoms with Crippen LogP contribution in [0.25, 0.3) is 0 Å². The summed E-state index contributed by atoms with van der Waals surface area (Å²) in [5.74, 6) is 0. The molecule has 0 spiro atoms. The molecular weight excluding hydrogens is 214 g/mol. The molecule has 17 heavy (non-hydrogen) atoms. The highest BCUT2D eigenvalue weighted by molar-refractivity contribution is 5.51. The van der Waals surface area contributed by atoms with E-state index in [2.05, 4.69) is 36.5 Å². The van der Waals surface area contributed by atoms with E-state index in [0.29, 0.717) is 6.04 Å². The summed E-state index contributed by atoms with van der Waals surface area (Å²) in [6, 6.07) is 8.74. The zero-order valence-electron chi connectivity index (χ0n) is 11.0. The van der Waals surface area contributed by atoms with E-state index < -0.39 is 0 Å². The van der Waals surface area contributed by atoms with Crippen molar-refractivity contribution in [1.29, 1.82) is 0 Å². The molecule has 1 aromatic rings. The van der Waals surface area contributed by atoms with E-state index in [1.807, 2.05) is 0 Å². The zero-order valence-corrected chi connectivity index (χ0v) is 11.0. The third-order valence-corrected chi connectivity index (χ3v) is 2.81. The Hall–Kier alpha value is -1.06.